The van der Waals surface area contributed by atoms with Crippen LogP contribution in [0.1, 0.15) is 12.5 Å². The van der Waals surface area contributed by atoms with Gasteiger partial charge in [-0.3, -0.25) is 14.5 Å². The second kappa shape index (κ2) is 5.25. The Labute approximate surface area is 118 Å². The molecule has 0 saturated carbocycles. The van der Waals surface area contributed by atoms with Crippen molar-refractivity contribution in [2.45, 2.75) is 19.4 Å². The zero-order valence-corrected chi connectivity index (χ0v) is 11.6. The summed E-state index contributed by atoms with van der Waals surface area (Å²) in [6.07, 6.45) is 0.912. The summed E-state index contributed by atoms with van der Waals surface area (Å²) in [5.74, 6) is 0.0855. The molecule has 1 N–H and O–H groups in total. The first-order chi connectivity index (χ1) is 9.66. The van der Waals surface area contributed by atoms with Gasteiger partial charge in [0.05, 0.1) is 12.6 Å². The van der Waals surface area contributed by atoms with Crippen LogP contribution in [0.2, 0.25) is 0 Å². The number of rotatable bonds is 2. The molecular weight excluding hydrogens is 254 g/mol. The predicted molar refractivity (Wildman–Crippen MR) is 76.5 cm³/mol. The number of fused-ring (bicyclic) bond motifs is 1. The van der Waals surface area contributed by atoms with E-state index >= 15 is 0 Å². The van der Waals surface area contributed by atoms with Crippen LogP contribution in [0.15, 0.2) is 24.3 Å². The van der Waals surface area contributed by atoms with Crippen LogP contribution >= 0.6 is 0 Å². The Bertz CT molecular complexity index is 544. The zero-order valence-electron chi connectivity index (χ0n) is 11.6. The highest BCUT2D eigenvalue weighted by Gasteiger charge is 2.32. The highest BCUT2D eigenvalue weighted by molar-refractivity contribution is 5.99. The van der Waals surface area contributed by atoms with Gasteiger partial charge in [0.15, 0.2) is 0 Å². The molecule has 2 aliphatic heterocycles. The SMILES string of the molecule is C[C@H](C(=O)N1CCc2ccccc21)N1CCNC(=O)C1. The molecule has 5 nitrogen and oxygen atoms in total. The topological polar surface area (TPSA) is 52.7 Å². The molecule has 0 radical (unpaired) electrons. The van der Waals surface area contributed by atoms with Crippen molar-refractivity contribution < 1.29 is 9.59 Å². The Kier molecular flexibility index (Phi) is 3.44. The third kappa shape index (κ3) is 2.29. The summed E-state index contributed by atoms with van der Waals surface area (Å²) in [4.78, 5) is 27.9. The van der Waals surface area contributed by atoms with Crippen LogP contribution in [0, 0.1) is 0 Å². The van der Waals surface area contributed by atoms with Gasteiger partial charge in [-0.2, -0.15) is 0 Å². The molecule has 0 bridgehead atoms. The molecule has 5 heteroatoms. The smallest absolute Gasteiger partial charge is 0.244 e. The van der Waals surface area contributed by atoms with E-state index in [9.17, 15) is 9.59 Å². The normalized spacial score (nSPS) is 20.4. The van der Waals surface area contributed by atoms with Gasteiger partial charge in [-0.05, 0) is 25.0 Å². The van der Waals surface area contributed by atoms with Crippen molar-refractivity contribution in [1.82, 2.24) is 10.2 Å². The van der Waals surface area contributed by atoms with Gasteiger partial charge in [-0.25, -0.2) is 0 Å². The minimum atomic E-state index is -0.257. The second-order valence-corrected chi connectivity index (χ2v) is 5.36. The molecule has 1 saturated heterocycles. The lowest BCUT2D eigenvalue weighted by Crippen LogP contribution is -2.55. The van der Waals surface area contributed by atoms with E-state index in [-0.39, 0.29) is 17.9 Å². The molecular formula is C15H19N3O2. The summed E-state index contributed by atoms with van der Waals surface area (Å²) >= 11 is 0. The van der Waals surface area contributed by atoms with E-state index in [1.165, 1.54) is 5.56 Å². The first-order valence-electron chi connectivity index (χ1n) is 7.07. The lowest BCUT2D eigenvalue weighted by Gasteiger charge is -2.33. The van der Waals surface area contributed by atoms with Gasteiger partial charge in [0.25, 0.3) is 0 Å². The fourth-order valence-electron chi connectivity index (χ4n) is 2.94. The second-order valence-electron chi connectivity index (χ2n) is 5.36. The quantitative estimate of drug-likeness (QED) is 0.848. The van der Waals surface area contributed by atoms with Gasteiger partial charge in [-0.1, -0.05) is 18.2 Å². The van der Waals surface area contributed by atoms with Gasteiger partial charge in [0, 0.05) is 25.3 Å². The summed E-state index contributed by atoms with van der Waals surface area (Å²) in [5.41, 5.74) is 2.25. The molecule has 1 aromatic carbocycles. The van der Waals surface area contributed by atoms with Gasteiger partial charge in [-0.15, -0.1) is 0 Å². The number of para-hydroxylation sites is 1. The molecule has 106 valence electrons. The Morgan fingerprint density at radius 2 is 2.10 bits per heavy atom. The van der Waals surface area contributed by atoms with Crippen LogP contribution in [0.4, 0.5) is 5.69 Å². The number of nitrogens with one attached hydrogen (secondary N) is 1. The fourth-order valence-corrected chi connectivity index (χ4v) is 2.94. The lowest BCUT2D eigenvalue weighted by molar-refractivity contribution is -0.128. The average molecular weight is 273 g/mol. The van der Waals surface area contributed by atoms with E-state index in [0.717, 1.165) is 25.2 Å². The highest BCUT2D eigenvalue weighted by atomic mass is 16.2. The number of anilines is 1. The summed E-state index contributed by atoms with van der Waals surface area (Å²) in [5, 5.41) is 2.79. The first-order valence-corrected chi connectivity index (χ1v) is 7.07. The van der Waals surface area contributed by atoms with E-state index in [1.807, 2.05) is 34.9 Å². The van der Waals surface area contributed by atoms with E-state index in [1.54, 1.807) is 0 Å². The van der Waals surface area contributed by atoms with Crippen LogP contribution in [0.5, 0.6) is 0 Å². The molecule has 1 aromatic rings. The third-order valence-corrected chi connectivity index (χ3v) is 4.13. The maximum atomic E-state index is 12.7. The van der Waals surface area contributed by atoms with Crippen molar-refractivity contribution in [2.75, 3.05) is 31.1 Å². The molecule has 20 heavy (non-hydrogen) atoms. The van der Waals surface area contributed by atoms with Crippen LogP contribution in [-0.2, 0) is 16.0 Å². The van der Waals surface area contributed by atoms with E-state index in [4.69, 9.17) is 0 Å². The number of carbonyl (C=O) groups excluding carboxylic acids is 2. The minimum Gasteiger partial charge on any atom is -0.354 e. The Morgan fingerprint density at radius 3 is 2.90 bits per heavy atom. The predicted octanol–water partition coefficient (Wildman–Crippen LogP) is 0.396. The molecule has 3 rings (SSSR count). The summed E-state index contributed by atoms with van der Waals surface area (Å²) < 4.78 is 0. The molecule has 0 unspecified atom stereocenters. The molecule has 0 aliphatic carbocycles. The molecule has 1 atom stereocenters. The first kappa shape index (κ1) is 13.1. The summed E-state index contributed by atoms with van der Waals surface area (Å²) in [7, 11) is 0. The van der Waals surface area contributed by atoms with Crippen molar-refractivity contribution in [1.29, 1.82) is 0 Å². The number of hydrogen-bond acceptors (Lipinski definition) is 3. The van der Waals surface area contributed by atoms with Gasteiger partial charge < -0.3 is 10.2 Å². The Morgan fingerprint density at radius 1 is 1.30 bits per heavy atom. The van der Waals surface area contributed by atoms with Crippen molar-refractivity contribution in [2.24, 2.45) is 0 Å². The molecule has 2 heterocycles. The molecule has 2 amide bonds. The Balaban J connectivity index is 1.75. The number of hydrogen-bond donors (Lipinski definition) is 1. The molecule has 1 fully saturated rings. The number of nitrogens with zero attached hydrogens (tertiary/aromatic N) is 2. The maximum absolute atomic E-state index is 12.7. The van der Waals surface area contributed by atoms with Crippen molar-refractivity contribution in [3.05, 3.63) is 29.8 Å². The van der Waals surface area contributed by atoms with E-state index in [2.05, 4.69) is 11.4 Å². The highest BCUT2D eigenvalue weighted by Crippen LogP contribution is 2.28. The van der Waals surface area contributed by atoms with Gasteiger partial charge in [0.1, 0.15) is 0 Å². The van der Waals surface area contributed by atoms with Gasteiger partial charge >= 0.3 is 0 Å². The third-order valence-electron chi connectivity index (χ3n) is 4.13. The Hall–Kier alpha value is -1.88. The monoisotopic (exact) mass is 273 g/mol. The van der Waals surface area contributed by atoms with Crippen molar-refractivity contribution in [3.63, 3.8) is 0 Å². The summed E-state index contributed by atoms with van der Waals surface area (Å²) in [6.45, 7) is 4.29. The zero-order chi connectivity index (χ0) is 14.1. The van der Waals surface area contributed by atoms with E-state index < -0.39 is 0 Å². The number of amides is 2. The molecule has 0 spiro atoms. The van der Waals surface area contributed by atoms with Crippen LogP contribution < -0.4 is 10.2 Å². The van der Waals surface area contributed by atoms with Crippen LogP contribution in [0.25, 0.3) is 0 Å². The largest absolute Gasteiger partial charge is 0.354 e. The number of piperazine rings is 1. The molecule has 0 aromatic heterocycles. The maximum Gasteiger partial charge on any atom is 0.244 e. The van der Waals surface area contributed by atoms with Crippen molar-refractivity contribution >= 4 is 17.5 Å². The van der Waals surface area contributed by atoms with Crippen LogP contribution in [0.3, 0.4) is 0 Å². The number of carbonyl (C=O) groups is 2. The van der Waals surface area contributed by atoms with Crippen molar-refractivity contribution in [3.8, 4) is 0 Å². The fraction of sp³-hybridized carbons (Fsp3) is 0.467. The minimum absolute atomic E-state index is 0.00211. The van der Waals surface area contributed by atoms with Crippen LogP contribution in [-0.4, -0.2) is 48.9 Å². The molecule has 2 aliphatic rings. The average Bonchev–Trinajstić information content (AvgIpc) is 2.89. The van der Waals surface area contributed by atoms with E-state index in [0.29, 0.717) is 13.1 Å². The summed E-state index contributed by atoms with van der Waals surface area (Å²) in [6, 6.07) is 7.78. The number of benzene rings is 1. The lowest BCUT2D eigenvalue weighted by atomic mass is 10.1. The van der Waals surface area contributed by atoms with Gasteiger partial charge in [0.2, 0.25) is 11.8 Å². The standard InChI is InChI=1S/C15H19N3O2/c1-11(17-9-7-16-14(19)10-17)15(20)18-8-6-12-4-2-3-5-13(12)18/h2-5,11H,6-10H2,1H3,(H,16,19)/t11-/m1/s1.